The van der Waals surface area contributed by atoms with Crippen LogP contribution < -0.4 is 10.0 Å². The minimum absolute atomic E-state index is 0.0109. The zero-order valence-electron chi connectivity index (χ0n) is 23.2. The van der Waals surface area contributed by atoms with E-state index in [1.807, 2.05) is 0 Å². The maximum absolute atomic E-state index is 15.3. The Kier molecular flexibility index (Phi) is 8.52. The Morgan fingerprint density at radius 3 is 2.44 bits per heavy atom. The van der Waals surface area contributed by atoms with Gasteiger partial charge >= 0.3 is 0 Å². The van der Waals surface area contributed by atoms with Crippen LogP contribution in [0.2, 0.25) is 0 Å². The van der Waals surface area contributed by atoms with Crippen LogP contribution in [0.25, 0.3) is 21.2 Å². The number of thiazole rings is 1. The largest absolute Gasteiger partial charge is 0.389 e. The maximum Gasteiger partial charge on any atom is 0.280 e. The van der Waals surface area contributed by atoms with Gasteiger partial charge in [0, 0.05) is 23.0 Å². The molecule has 4 rings (SSSR count). The summed E-state index contributed by atoms with van der Waals surface area (Å²) in [5.41, 5.74) is -0.416. The molecule has 1 aromatic heterocycles. The molecule has 0 bridgehead atoms. The van der Waals surface area contributed by atoms with E-state index in [0.29, 0.717) is 23.3 Å². The Balaban J connectivity index is 1.85. The summed E-state index contributed by atoms with van der Waals surface area (Å²) >= 11 is 1.21. The van der Waals surface area contributed by atoms with Crippen LogP contribution >= 0.6 is 11.3 Å². The van der Waals surface area contributed by atoms with Crippen molar-refractivity contribution in [2.75, 3.05) is 6.54 Å². The van der Waals surface area contributed by atoms with Crippen molar-refractivity contribution in [1.82, 2.24) is 15.0 Å². The van der Waals surface area contributed by atoms with Gasteiger partial charge in [0.05, 0.1) is 21.1 Å². The molecule has 212 valence electrons. The summed E-state index contributed by atoms with van der Waals surface area (Å²) in [6.45, 7) is 8.49. The highest BCUT2D eigenvalue weighted by Gasteiger charge is 2.28. The van der Waals surface area contributed by atoms with E-state index in [2.05, 4.69) is 10.0 Å². The van der Waals surface area contributed by atoms with Gasteiger partial charge in [-0.05, 0) is 64.5 Å². The molecule has 0 atom stereocenters. The van der Waals surface area contributed by atoms with Gasteiger partial charge in [-0.1, -0.05) is 50.3 Å². The number of carbonyl (C=O) groups is 1. The predicted molar refractivity (Wildman–Crippen MR) is 154 cm³/mol. The highest BCUT2D eigenvalue weighted by molar-refractivity contribution is 7.89. The molecule has 1 saturated carbocycles. The molecule has 1 fully saturated rings. The van der Waals surface area contributed by atoms with Crippen molar-refractivity contribution in [3.63, 3.8) is 0 Å². The zero-order valence-corrected chi connectivity index (χ0v) is 24.9. The Hall–Kier alpha value is -2.40. The molecule has 0 spiro atoms. The molecule has 0 aliphatic heterocycles. The average Bonchev–Trinajstić information content (AvgIpc) is 3.24. The number of amides is 1. The first kappa shape index (κ1) is 29.6. The third kappa shape index (κ3) is 7.22. The number of nitrogens with zero attached hydrogens (tertiary/aromatic N) is 1. The molecule has 0 saturated heterocycles. The van der Waals surface area contributed by atoms with Crippen molar-refractivity contribution in [3.05, 3.63) is 46.9 Å². The first-order valence-corrected chi connectivity index (χ1v) is 15.7. The second kappa shape index (κ2) is 11.2. The molecule has 0 radical (unpaired) electrons. The van der Waals surface area contributed by atoms with E-state index in [0.717, 1.165) is 36.3 Å². The van der Waals surface area contributed by atoms with Crippen molar-refractivity contribution < 1.29 is 22.7 Å². The normalized spacial score (nSPS) is 15.6. The second-order valence-corrected chi connectivity index (χ2v) is 14.8. The topological polar surface area (TPSA) is 108 Å². The Morgan fingerprint density at radius 2 is 1.79 bits per heavy atom. The van der Waals surface area contributed by atoms with Gasteiger partial charge in [0.1, 0.15) is 5.82 Å². The molecule has 7 nitrogen and oxygen atoms in total. The van der Waals surface area contributed by atoms with Gasteiger partial charge in [-0.25, -0.2) is 22.5 Å². The van der Waals surface area contributed by atoms with Crippen LogP contribution in [0.3, 0.4) is 0 Å². The number of benzene rings is 2. The van der Waals surface area contributed by atoms with Crippen LogP contribution in [-0.4, -0.2) is 42.1 Å². The standard InChI is InChI=1S/C29H38FN3O4S2/c1-28(2,3)33-39(36,37)23-15-14-20(19-12-9-13-21(30)24(19)23)25-22(16-18-10-7-6-8-11-18)32-27(38-25)26(34)31-17-29(4,5)35/h9,12-15,18,33,35H,6-8,10-11,16-17H2,1-5H3,(H,31,34). The van der Waals surface area contributed by atoms with Crippen molar-refractivity contribution >= 4 is 38.0 Å². The number of nitrogens with one attached hydrogen (secondary N) is 2. The summed E-state index contributed by atoms with van der Waals surface area (Å²) in [5.74, 6) is -0.585. The molecule has 39 heavy (non-hydrogen) atoms. The number of hydrogen-bond acceptors (Lipinski definition) is 6. The van der Waals surface area contributed by atoms with Gasteiger partial charge in [-0.3, -0.25) is 4.79 Å². The quantitative estimate of drug-likeness (QED) is 0.315. The molecular weight excluding hydrogens is 537 g/mol. The number of sulfonamides is 1. The lowest BCUT2D eigenvalue weighted by molar-refractivity contribution is 0.0694. The smallest absolute Gasteiger partial charge is 0.280 e. The third-order valence-electron chi connectivity index (χ3n) is 6.71. The lowest BCUT2D eigenvalue weighted by Crippen LogP contribution is -2.40. The fraction of sp³-hybridized carbons (Fsp3) is 0.517. The van der Waals surface area contributed by atoms with Crippen molar-refractivity contribution in [3.8, 4) is 10.4 Å². The summed E-state index contributed by atoms with van der Waals surface area (Å²) in [6.07, 6.45) is 6.39. The second-order valence-electron chi connectivity index (χ2n) is 12.1. The molecule has 0 unspecified atom stereocenters. The molecule has 1 amide bonds. The number of halogens is 1. The molecule has 10 heteroatoms. The summed E-state index contributed by atoms with van der Waals surface area (Å²) in [6, 6.07) is 7.66. The average molecular weight is 576 g/mol. The van der Waals surface area contributed by atoms with E-state index in [1.165, 1.54) is 29.9 Å². The van der Waals surface area contributed by atoms with E-state index in [-0.39, 0.29) is 27.7 Å². The van der Waals surface area contributed by atoms with Gasteiger partial charge in [0.15, 0.2) is 5.01 Å². The minimum atomic E-state index is -4.02. The van der Waals surface area contributed by atoms with Crippen LogP contribution in [0.1, 0.15) is 82.2 Å². The molecule has 1 aliphatic carbocycles. The Labute approximate surface area is 234 Å². The molecule has 2 aromatic carbocycles. The Bertz CT molecular complexity index is 1460. The first-order chi connectivity index (χ1) is 18.1. The SMILES string of the molecule is CC(C)(O)CNC(=O)c1nc(CC2CCCCC2)c(-c2ccc(S(=O)(=O)NC(C)(C)C)c3c(F)cccc23)s1. The number of rotatable bonds is 8. The molecule has 3 aromatic rings. The molecule has 3 N–H and O–H groups in total. The fourth-order valence-electron chi connectivity index (χ4n) is 5.05. The zero-order chi connectivity index (χ0) is 28.6. The van der Waals surface area contributed by atoms with Gasteiger partial charge in [0.25, 0.3) is 5.91 Å². The number of aromatic nitrogens is 1. The van der Waals surface area contributed by atoms with Gasteiger partial charge < -0.3 is 10.4 Å². The van der Waals surface area contributed by atoms with Crippen LogP contribution in [-0.2, 0) is 16.4 Å². The van der Waals surface area contributed by atoms with E-state index >= 15 is 4.39 Å². The van der Waals surface area contributed by atoms with Gasteiger partial charge in [0.2, 0.25) is 10.0 Å². The lowest BCUT2D eigenvalue weighted by atomic mass is 9.85. The minimum Gasteiger partial charge on any atom is -0.389 e. The number of hydrogen-bond donors (Lipinski definition) is 3. The van der Waals surface area contributed by atoms with Crippen LogP contribution in [0.5, 0.6) is 0 Å². The lowest BCUT2D eigenvalue weighted by Gasteiger charge is -2.22. The molecular formula is C29H38FN3O4S2. The third-order valence-corrected chi connectivity index (χ3v) is 9.64. The summed E-state index contributed by atoms with van der Waals surface area (Å²) < 4.78 is 44.5. The highest BCUT2D eigenvalue weighted by Crippen LogP contribution is 2.40. The Morgan fingerprint density at radius 1 is 1.10 bits per heavy atom. The van der Waals surface area contributed by atoms with Gasteiger partial charge in [-0.15, -0.1) is 11.3 Å². The highest BCUT2D eigenvalue weighted by atomic mass is 32.2. The monoisotopic (exact) mass is 575 g/mol. The summed E-state index contributed by atoms with van der Waals surface area (Å²) in [7, 11) is -4.02. The van der Waals surface area contributed by atoms with Crippen molar-refractivity contribution in [2.24, 2.45) is 5.92 Å². The number of carbonyl (C=O) groups excluding carboxylic acids is 1. The van der Waals surface area contributed by atoms with E-state index < -0.39 is 27.0 Å². The van der Waals surface area contributed by atoms with Crippen molar-refractivity contribution in [1.29, 1.82) is 0 Å². The summed E-state index contributed by atoms with van der Waals surface area (Å²) in [5, 5.41) is 13.5. The van der Waals surface area contributed by atoms with Crippen molar-refractivity contribution in [2.45, 2.75) is 89.2 Å². The van der Waals surface area contributed by atoms with E-state index in [9.17, 15) is 18.3 Å². The molecule has 1 aliphatic rings. The fourth-order valence-corrected chi connectivity index (χ4v) is 7.73. The summed E-state index contributed by atoms with van der Waals surface area (Å²) in [4.78, 5) is 18.3. The molecule has 1 heterocycles. The first-order valence-electron chi connectivity index (χ1n) is 13.4. The predicted octanol–water partition coefficient (Wildman–Crippen LogP) is 5.80. The van der Waals surface area contributed by atoms with Gasteiger partial charge in [-0.2, -0.15) is 0 Å². The van der Waals surface area contributed by atoms with Crippen LogP contribution in [0.4, 0.5) is 4.39 Å². The van der Waals surface area contributed by atoms with Crippen LogP contribution in [0.15, 0.2) is 35.2 Å². The number of aliphatic hydroxyl groups is 1. The van der Waals surface area contributed by atoms with Crippen LogP contribution in [0, 0.1) is 11.7 Å². The number of fused-ring (bicyclic) bond motifs is 1. The maximum atomic E-state index is 15.3. The van der Waals surface area contributed by atoms with E-state index in [4.69, 9.17) is 4.98 Å². The van der Waals surface area contributed by atoms with E-state index in [1.54, 1.807) is 52.8 Å².